The third kappa shape index (κ3) is 4.86. The number of aromatic nitrogens is 1. The molecule has 1 fully saturated rings. The van der Waals surface area contributed by atoms with Crippen molar-refractivity contribution in [2.45, 2.75) is 45.6 Å². The predicted molar refractivity (Wildman–Crippen MR) is 128 cm³/mol. The molecule has 1 aliphatic heterocycles. The summed E-state index contributed by atoms with van der Waals surface area (Å²) < 4.78 is 4.80. The van der Waals surface area contributed by atoms with Crippen LogP contribution >= 0.6 is 0 Å². The number of likely N-dealkylation sites (tertiary alicyclic amines) is 1. The molecule has 2 heterocycles. The molecule has 3 aromatic rings. The minimum Gasteiger partial charge on any atom is -0.494 e. The highest BCUT2D eigenvalue weighted by Crippen LogP contribution is 2.31. The number of aliphatic imine (C=N–C) groups is 1. The molecule has 0 amide bonds. The van der Waals surface area contributed by atoms with Crippen molar-refractivity contribution in [2.75, 3.05) is 20.2 Å². The number of nitrogens with one attached hydrogen (secondary N) is 1. The van der Waals surface area contributed by atoms with Gasteiger partial charge in [-0.2, -0.15) is 0 Å². The maximum atomic E-state index is 11.9. The summed E-state index contributed by atoms with van der Waals surface area (Å²) in [6, 6.07) is 13.6. The smallest absolute Gasteiger partial charge is 0.337 e. The van der Waals surface area contributed by atoms with Crippen LogP contribution in [-0.2, 0) is 11.3 Å². The van der Waals surface area contributed by atoms with Crippen molar-refractivity contribution in [1.29, 1.82) is 0 Å². The van der Waals surface area contributed by atoms with E-state index >= 15 is 0 Å². The van der Waals surface area contributed by atoms with Crippen molar-refractivity contribution in [3.8, 4) is 5.88 Å². The van der Waals surface area contributed by atoms with Crippen LogP contribution in [0.15, 0.2) is 47.5 Å². The summed E-state index contributed by atoms with van der Waals surface area (Å²) in [7, 11) is 1.36. The van der Waals surface area contributed by atoms with E-state index in [1.807, 2.05) is 6.07 Å². The first-order valence-electron chi connectivity index (χ1n) is 11.4. The summed E-state index contributed by atoms with van der Waals surface area (Å²) in [5, 5.41) is 11.5. The Balaban J connectivity index is 1.62. The lowest BCUT2D eigenvalue weighted by atomic mass is 10.0. The number of piperidine rings is 1. The van der Waals surface area contributed by atoms with Gasteiger partial charge >= 0.3 is 5.97 Å². The first-order chi connectivity index (χ1) is 15.6. The van der Waals surface area contributed by atoms with Crippen molar-refractivity contribution >= 4 is 28.3 Å². The molecule has 0 atom stereocenters. The quantitative estimate of drug-likeness (QED) is 0.377. The van der Waals surface area contributed by atoms with Gasteiger partial charge in [-0.3, -0.25) is 9.89 Å². The lowest BCUT2D eigenvalue weighted by molar-refractivity contribution is 0.0601. The Morgan fingerprint density at radius 3 is 2.56 bits per heavy atom. The van der Waals surface area contributed by atoms with Gasteiger partial charge in [0.1, 0.15) is 0 Å². The third-order valence-electron chi connectivity index (χ3n) is 6.03. The van der Waals surface area contributed by atoms with Gasteiger partial charge in [0.05, 0.1) is 29.6 Å². The maximum Gasteiger partial charge on any atom is 0.337 e. The summed E-state index contributed by atoms with van der Waals surface area (Å²) in [5.74, 6) is -0.342. The molecule has 0 spiro atoms. The van der Waals surface area contributed by atoms with Gasteiger partial charge in [-0.25, -0.2) is 4.79 Å². The van der Waals surface area contributed by atoms with Gasteiger partial charge in [-0.1, -0.05) is 38.0 Å². The second-order valence-electron chi connectivity index (χ2n) is 8.41. The molecule has 4 rings (SSSR count). The number of fused-ring (bicyclic) bond motifs is 1. The highest BCUT2D eigenvalue weighted by molar-refractivity contribution is 6.14. The minimum atomic E-state index is -0.408. The van der Waals surface area contributed by atoms with Crippen LogP contribution in [0.3, 0.4) is 0 Å². The average molecular weight is 434 g/mol. The van der Waals surface area contributed by atoms with Gasteiger partial charge in [0.2, 0.25) is 0 Å². The SMILES string of the molecule is CCCC(=Nc1ccc(CN2CCCCC2)cc1)c1c(O)[nH]c2cc(C(=O)OC)ccc12. The second-order valence-corrected chi connectivity index (χ2v) is 8.41. The summed E-state index contributed by atoms with van der Waals surface area (Å²) >= 11 is 0. The Labute approximate surface area is 188 Å². The van der Waals surface area contributed by atoms with E-state index in [1.54, 1.807) is 12.1 Å². The van der Waals surface area contributed by atoms with E-state index < -0.39 is 5.97 Å². The fraction of sp³-hybridized carbons (Fsp3) is 0.385. The van der Waals surface area contributed by atoms with Crippen molar-refractivity contribution in [3.05, 3.63) is 59.2 Å². The Bertz CT molecular complexity index is 1110. The van der Waals surface area contributed by atoms with E-state index in [-0.39, 0.29) is 5.88 Å². The summed E-state index contributed by atoms with van der Waals surface area (Å²) in [4.78, 5) is 22.2. The molecule has 1 aromatic heterocycles. The molecule has 0 bridgehead atoms. The van der Waals surface area contributed by atoms with E-state index in [1.165, 1.54) is 45.0 Å². The highest BCUT2D eigenvalue weighted by Gasteiger charge is 2.18. The van der Waals surface area contributed by atoms with Crippen LogP contribution in [0, 0.1) is 0 Å². The maximum absolute atomic E-state index is 11.9. The van der Waals surface area contributed by atoms with Crippen molar-refractivity contribution in [3.63, 3.8) is 0 Å². The first-order valence-corrected chi connectivity index (χ1v) is 11.4. The number of hydrogen-bond donors (Lipinski definition) is 2. The number of methoxy groups -OCH3 is 1. The van der Waals surface area contributed by atoms with Gasteiger partial charge < -0.3 is 14.8 Å². The van der Waals surface area contributed by atoms with Crippen molar-refractivity contribution in [2.24, 2.45) is 4.99 Å². The van der Waals surface area contributed by atoms with E-state index in [0.717, 1.165) is 36.2 Å². The molecular formula is C26H31N3O3. The lowest BCUT2D eigenvalue weighted by Gasteiger charge is -2.26. The van der Waals surface area contributed by atoms with Crippen LogP contribution in [-0.4, -0.2) is 46.9 Å². The van der Waals surface area contributed by atoms with Crippen LogP contribution in [0.5, 0.6) is 5.88 Å². The molecule has 0 saturated carbocycles. The number of nitrogens with zero attached hydrogens (tertiary/aromatic N) is 2. The topological polar surface area (TPSA) is 77.9 Å². The van der Waals surface area contributed by atoms with Crippen molar-refractivity contribution < 1.29 is 14.6 Å². The molecule has 32 heavy (non-hydrogen) atoms. The average Bonchev–Trinajstić information content (AvgIpc) is 3.15. The summed E-state index contributed by atoms with van der Waals surface area (Å²) in [6.45, 7) is 5.44. The van der Waals surface area contributed by atoms with Crippen LogP contribution in [0.2, 0.25) is 0 Å². The molecular weight excluding hydrogens is 402 g/mol. The molecule has 168 valence electrons. The number of carbonyl (C=O) groups is 1. The highest BCUT2D eigenvalue weighted by atomic mass is 16.5. The molecule has 0 aliphatic carbocycles. The Morgan fingerprint density at radius 2 is 1.88 bits per heavy atom. The van der Waals surface area contributed by atoms with Gasteiger partial charge in [0.15, 0.2) is 5.88 Å². The second kappa shape index (κ2) is 10.0. The third-order valence-corrected chi connectivity index (χ3v) is 6.03. The molecule has 0 radical (unpaired) electrons. The van der Waals surface area contributed by atoms with Gasteiger partial charge in [0.25, 0.3) is 0 Å². The number of ether oxygens (including phenoxy) is 1. The zero-order valence-corrected chi connectivity index (χ0v) is 18.9. The molecule has 0 unspecified atom stereocenters. The molecule has 2 aromatic carbocycles. The first kappa shape index (κ1) is 22.1. The zero-order valence-electron chi connectivity index (χ0n) is 18.9. The lowest BCUT2D eigenvalue weighted by Crippen LogP contribution is -2.28. The number of benzene rings is 2. The number of esters is 1. The molecule has 1 saturated heterocycles. The Kier molecular flexibility index (Phi) is 6.90. The Morgan fingerprint density at radius 1 is 1.12 bits per heavy atom. The van der Waals surface area contributed by atoms with E-state index in [9.17, 15) is 9.90 Å². The zero-order chi connectivity index (χ0) is 22.5. The normalized spacial score (nSPS) is 15.2. The number of aromatic hydroxyl groups is 1. The number of hydrogen-bond acceptors (Lipinski definition) is 5. The molecule has 6 heteroatoms. The van der Waals surface area contributed by atoms with Gasteiger partial charge in [-0.15, -0.1) is 0 Å². The summed E-state index contributed by atoms with van der Waals surface area (Å²) in [5.41, 5.74) is 4.80. The fourth-order valence-electron chi connectivity index (χ4n) is 4.40. The van der Waals surface area contributed by atoms with Crippen LogP contribution in [0.4, 0.5) is 5.69 Å². The number of rotatable bonds is 7. The molecule has 6 nitrogen and oxygen atoms in total. The number of H-pyrrole nitrogens is 1. The standard InChI is InChI=1S/C26H31N3O3/c1-3-7-22(24-21-13-10-19(26(31)32-2)16-23(21)28-25(24)30)27-20-11-8-18(9-12-20)17-29-14-5-4-6-15-29/h8-13,16,28,30H,3-7,14-15,17H2,1-2H3. The van der Waals surface area contributed by atoms with Crippen LogP contribution in [0.25, 0.3) is 10.9 Å². The van der Waals surface area contributed by atoms with E-state index in [4.69, 9.17) is 9.73 Å². The van der Waals surface area contributed by atoms with E-state index in [0.29, 0.717) is 16.6 Å². The number of aromatic amines is 1. The number of carbonyl (C=O) groups excluding carboxylic acids is 1. The van der Waals surface area contributed by atoms with Crippen molar-refractivity contribution in [1.82, 2.24) is 9.88 Å². The fourth-order valence-corrected chi connectivity index (χ4v) is 4.40. The minimum absolute atomic E-state index is 0.0657. The molecule has 1 aliphatic rings. The van der Waals surface area contributed by atoms with Gasteiger partial charge in [0, 0.05) is 17.4 Å². The largest absolute Gasteiger partial charge is 0.494 e. The van der Waals surface area contributed by atoms with Crippen LogP contribution < -0.4 is 0 Å². The monoisotopic (exact) mass is 433 g/mol. The summed E-state index contributed by atoms with van der Waals surface area (Å²) in [6.07, 6.45) is 5.55. The predicted octanol–water partition coefficient (Wildman–Crippen LogP) is 5.57. The van der Waals surface area contributed by atoms with E-state index in [2.05, 4.69) is 41.1 Å². The Hall–Kier alpha value is -3.12. The van der Waals surface area contributed by atoms with Crippen LogP contribution in [0.1, 0.15) is 60.5 Å². The molecule has 2 N–H and O–H groups in total. The van der Waals surface area contributed by atoms with Gasteiger partial charge in [-0.05, 0) is 62.2 Å².